The van der Waals surface area contributed by atoms with Crippen LogP contribution < -0.4 is 16.0 Å². The topological polar surface area (TPSA) is 127 Å². The standard InChI is InChI=1S/C17H23N3O6/c1-11(15(22)20-17(24)19-12-6-3-2-4-7-12)26-14(21)10-18-16(23)13-8-5-9-25-13/h5,8-9,11-12H,2-4,6-7,10H2,1H3,(H,18,23)(H2,19,20,22,24)/t11-/m0/s1. The number of urea groups is 1. The van der Waals surface area contributed by atoms with Crippen LogP contribution in [0.4, 0.5) is 4.79 Å². The lowest BCUT2D eigenvalue weighted by Crippen LogP contribution is -2.48. The van der Waals surface area contributed by atoms with Crippen LogP contribution in [-0.2, 0) is 14.3 Å². The highest BCUT2D eigenvalue weighted by molar-refractivity contribution is 5.97. The maximum atomic E-state index is 11.9. The minimum atomic E-state index is -1.17. The van der Waals surface area contributed by atoms with E-state index < -0.39 is 36.5 Å². The van der Waals surface area contributed by atoms with E-state index in [4.69, 9.17) is 9.15 Å². The van der Waals surface area contributed by atoms with Crippen LogP contribution >= 0.6 is 0 Å². The summed E-state index contributed by atoms with van der Waals surface area (Å²) in [5.41, 5.74) is 0. The molecule has 0 spiro atoms. The molecule has 9 nitrogen and oxygen atoms in total. The Bertz CT molecular complexity index is 637. The second kappa shape index (κ2) is 9.59. The van der Waals surface area contributed by atoms with Gasteiger partial charge in [0.2, 0.25) is 0 Å². The number of nitrogens with one attached hydrogen (secondary N) is 3. The van der Waals surface area contributed by atoms with E-state index in [1.54, 1.807) is 0 Å². The first-order chi connectivity index (χ1) is 12.5. The summed E-state index contributed by atoms with van der Waals surface area (Å²) in [6, 6.07) is 2.45. The van der Waals surface area contributed by atoms with Crippen molar-refractivity contribution in [3.05, 3.63) is 24.2 Å². The van der Waals surface area contributed by atoms with Crippen molar-refractivity contribution in [1.29, 1.82) is 0 Å². The number of rotatable bonds is 6. The third-order valence-electron chi connectivity index (χ3n) is 3.99. The lowest BCUT2D eigenvalue weighted by Gasteiger charge is -2.23. The number of amides is 4. The number of furan rings is 1. The van der Waals surface area contributed by atoms with Crippen molar-refractivity contribution in [2.24, 2.45) is 0 Å². The van der Waals surface area contributed by atoms with Gasteiger partial charge in [0.15, 0.2) is 11.9 Å². The Hall–Kier alpha value is -2.84. The minimum Gasteiger partial charge on any atom is -0.459 e. The van der Waals surface area contributed by atoms with E-state index in [9.17, 15) is 19.2 Å². The normalized spacial score (nSPS) is 15.6. The molecule has 0 aromatic carbocycles. The van der Waals surface area contributed by atoms with Crippen molar-refractivity contribution in [3.8, 4) is 0 Å². The SMILES string of the molecule is C[C@H](OC(=O)CNC(=O)c1ccco1)C(=O)NC(=O)NC1CCCCC1. The molecule has 1 saturated carbocycles. The Labute approximate surface area is 150 Å². The summed E-state index contributed by atoms with van der Waals surface area (Å²) >= 11 is 0. The monoisotopic (exact) mass is 365 g/mol. The molecule has 4 amide bonds. The van der Waals surface area contributed by atoms with Gasteiger partial charge in [0.1, 0.15) is 6.54 Å². The smallest absolute Gasteiger partial charge is 0.326 e. The van der Waals surface area contributed by atoms with Crippen molar-refractivity contribution in [1.82, 2.24) is 16.0 Å². The van der Waals surface area contributed by atoms with Gasteiger partial charge in [-0.25, -0.2) is 4.79 Å². The Morgan fingerprint density at radius 2 is 1.96 bits per heavy atom. The van der Waals surface area contributed by atoms with Crippen molar-refractivity contribution < 1.29 is 28.3 Å². The van der Waals surface area contributed by atoms with Crippen LogP contribution in [0.2, 0.25) is 0 Å². The molecule has 1 aromatic heterocycles. The molecule has 26 heavy (non-hydrogen) atoms. The molecule has 0 aliphatic heterocycles. The second-order valence-electron chi connectivity index (χ2n) is 6.09. The van der Waals surface area contributed by atoms with Crippen LogP contribution in [0, 0.1) is 0 Å². The van der Waals surface area contributed by atoms with Crippen LogP contribution in [0.1, 0.15) is 49.6 Å². The zero-order chi connectivity index (χ0) is 18.9. The van der Waals surface area contributed by atoms with E-state index in [1.165, 1.54) is 25.3 Å². The fraction of sp³-hybridized carbons (Fsp3) is 0.529. The Kier molecular flexibility index (Phi) is 7.19. The maximum Gasteiger partial charge on any atom is 0.326 e. The van der Waals surface area contributed by atoms with Crippen LogP contribution in [-0.4, -0.2) is 42.5 Å². The van der Waals surface area contributed by atoms with Crippen LogP contribution in [0.25, 0.3) is 0 Å². The van der Waals surface area contributed by atoms with Crippen molar-refractivity contribution in [2.45, 2.75) is 51.2 Å². The van der Waals surface area contributed by atoms with Gasteiger partial charge in [-0.1, -0.05) is 19.3 Å². The van der Waals surface area contributed by atoms with Gasteiger partial charge in [0.25, 0.3) is 11.8 Å². The summed E-state index contributed by atoms with van der Waals surface area (Å²) in [6.45, 7) is 0.918. The molecular formula is C17H23N3O6. The molecule has 1 aliphatic rings. The average molecular weight is 365 g/mol. The molecule has 1 fully saturated rings. The van der Waals surface area contributed by atoms with E-state index in [-0.39, 0.29) is 11.8 Å². The van der Waals surface area contributed by atoms with Gasteiger partial charge in [0.05, 0.1) is 6.26 Å². The fourth-order valence-electron chi connectivity index (χ4n) is 2.62. The molecule has 0 radical (unpaired) electrons. The molecule has 1 heterocycles. The van der Waals surface area contributed by atoms with E-state index in [0.717, 1.165) is 32.1 Å². The summed E-state index contributed by atoms with van der Waals surface area (Å²) in [5, 5.41) is 7.19. The van der Waals surface area contributed by atoms with Crippen molar-refractivity contribution >= 4 is 23.8 Å². The second-order valence-corrected chi connectivity index (χ2v) is 6.09. The largest absolute Gasteiger partial charge is 0.459 e. The first-order valence-electron chi connectivity index (χ1n) is 8.58. The van der Waals surface area contributed by atoms with Crippen molar-refractivity contribution in [2.75, 3.05) is 6.54 Å². The lowest BCUT2D eigenvalue weighted by atomic mass is 9.96. The van der Waals surface area contributed by atoms with E-state index in [1.807, 2.05) is 0 Å². The lowest BCUT2D eigenvalue weighted by molar-refractivity contribution is -0.153. The molecule has 2 rings (SSSR count). The first-order valence-corrected chi connectivity index (χ1v) is 8.58. The van der Waals surface area contributed by atoms with Gasteiger partial charge in [0, 0.05) is 6.04 Å². The van der Waals surface area contributed by atoms with E-state index in [2.05, 4.69) is 16.0 Å². The minimum absolute atomic E-state index is 0.0583. The fourth-order valence-corrected chi connectivity index (χ4v) is 2.62. The molecule has 0 bridgehead atoms. The molecule has 1 atom stereocenters. The van der Waals surface area contributed by atoms with Crippen LogP contribution in [0.15, 0.2) is 22.8 Å². The highest BCUT2D eigenvalue weighted by Crippen LogP contribution is 2.17. The quantitative estimate of drug-likeness (QED) is 0.648. The number of carbonyl (C=O) groups excluding carboxylic acids is 4. The Morgan fingerprint density at radius 3 is 2.62 bits per heavy atom. The summed E-state index contributed by atoms with van der Waals surface area (Å²) in [5.74, 6) is -2.05. The summed E-state index contributed by atoms with van der Waals surface area (Å²) in [4.78, 5) is 47.0. The zero-order valence-electron chi connectivity index (χ0n) is 14.6. The highest BCUT2D eigenvalue weighted by atomic mass is 16.5. The molecule has 3 N–H and O–H groups in total. The number of esters is 1. The van der Waals surface area contributed by atoms with Gasteiger partial charge >= 0.3 is 12.0 Å². The van der Waals surface area contributed by atoms with E-state index >= 15 is 0 Å². The number of imide groups is 1. The summed E-state index contributed by atoms with van der Waals surface area (Å²) in [7, 11) is 0. The molecule has 142 valence electrons. The van der Waals surface area contributed by atoms with Gasteiger partial charge in [-0.05, 0) is 31.9 Å². The predicted molar refractivity (Wildman–Crippen MR) is 90.1 cm³/mol. The van der Waals surface area contributed by atoms with Gasteiger partial charge in [-0.2, -0.15) is 0 Å². The predicted octanol–water partition coefficient (Wildman–Crippen LogP) is 1.10. The molecule has 1 aliphatic carbocycles. The maximum absolute atomic E-state index is 11.9. The third-order valence-corrected chi connectivity index (χ3v) is 3.99. The first kappa shape index (κ1) is 19.5. The van der Waals surface area contributed by atoms with Crippen LogP contribution in [0.5, 0.6) is 0 Å². The Morgan fingerprint density at radius 1 is 1.23 bits per heavy atom. The zero-order valence-corrected chi connectivity index (χ0v) is 14.6. The third kappa shape index (κ3) is 6.23. The number of hydrogen-bond acceptors (Lipinski definition) is 6. The average Bonchev–Trinajstić information content (AvgIpc) is 3.15. The molecule has 0 unspecified atom stereocenters. The summed E-state index contributed by atoms with van der Waals surface area (Å²) in [6.07, 6.45) is 5.20. The van der Waals surface area contributed by atoms with Gasteiger partial charge in [-0.15, -0.1) is 0 Å². The van der Waals surface area contributed by atoms with Crippen molar-refractivity contribution in [3.63, 3.8) is 0 Å². The number of carbonyl (C=O) groups is 4. The Balaban J connectivity index is 1.67. The number of hydrogen-bond donors (Lipinski definition) is 3. The summed E-state index contributed by atoms with van der Waals surface area (Å²) < 4.78 is 9.77. The molecule has 0 saturated heterocycles. The molecule has 9 heteroatoms. The molecule has 1 aromatic rings. The van der Waals surface area contributed by atoms with Gasteiger partial charge < -0.3 is 19.8 Å². The van der Waals surface area contributed by atoms with E-state index in [0.29, 0.717) is 0 Å². The number of ether oxygens (including phenoxy) is 1. The van der Waals surface area contributed by atoms with Crippen LogP contribution in [0.3, 0.4) is 0 Å². The highest BCUT2D eigenvalue weighted by Gasteiger charge is 2.22. The molecular weight excluding hydrogens is 342 g/mol. The van der Waals surface area contributed by atoms with Gasteiger partial charge in [-0.3, -0.25) is 19.7 Å².